The van der Waals surface area contributed by atoms with Gasteiger partial charge < -0.3 is 64.0 Å². The Morgan fingerprint density at radius 1 is 0.795 bits per heavy atom. The molecule has 0 aromatic heterocycles. The summed E-state index contributed by atoms with van der Waals surface area (Å²) in [6, 6.07) is 1.38. The normalized spacial score (nSPS) is 15.0. The molecule has 0 heterocycles. The molecule has 0 radical (unpaired) electrons. The first-order valence-corrected chi connectivity index (χ1v) is 13.6. The number of carbonyl (C=O) groups excluding carboxylic acids is 4. The smallest absolute Gasteiger partial charge is 0.326 e. The Morgan fingerprint density at radius 2 is 1.39 bits per heavy atom. The maximum absolute atomic E-state index is 12.6. The highest BCUT2D eigenvalue weighted by Crippen LogP contribution is 2.17. The fourth-order valence-electron chi connectivity index (χ4n) is 3.78. The summed E-state index contributed by atoms with van der Waals surface area (Å²) >= 11 is 0. The van der Waals surface area contributed by atoms with Crippen LogP contribution in [-0.2, 0) is 28.8 Å². The molecule has 0 saturated heterocycles. The zero-order valence-corrected chi connectivity index (χ0v) is 23.8. The van der Waals surface area contributed by atoms with Gasteiger partial charge in [-0.3, -0.25) is 24.0 Å². The van der Waals surface area contributed by atoms with Crippen LogP contribution in [0.25, 0.3) is 0 Å². The molecule has 18 nitrogen and oxygen atoms in total. The largest absolute Gasteiger partial charge is 0.508 e. The lowest BCUT2D eigenvalue weighted by Crippen LogP contribution is -2.57. The maximum Gasteiger partial charge on any atom is 0.326 e. The van der Waals surface area contributed by atoms with Crippen LogP contribution in [0.5, 0.6) is 5.75 Å². The lowest BCUT2D eigenvalue weighted by atomic mass is 10.00. The first kappa shape index (κ1) is 37.7. The Kier molecular flexibility index (Phi) is 16.3. The van der Waals surface area contributed by atoms with Gasteiger partial charge in [0.05, 0.1) is 19.1 Å². The van der Waals surface area contributed by atoms with E-state index < -0.39 is 98.0 Å². The lowest BCUT2D eigenvalue weighted by Gasteiger charge is -2.22. The van der Waals surface area contributed by atoms with Crippen molar-refractivity contribution in [2.24, 2.45) is 17.2 Å². The standard InChI is InChI=1S/C26H41N7O11/c27-10-18(33-25(42)20(36)11-30-21(37)8-16(29)13-4-6-14(34)7-5-13)24(41)32-17(26(43)44)3-1-2-15(28)19(35)9-22(38)31-12-23(39)40/h4-7,15-20,34-36H,1-3,8-12,27-29H2,(H,30,37)(H,31,38)(H,32,41)(H,33,42)(H,39,40)(H,43,44). The Balaban J connectivity index is 2.53. The van der Waals surface area contributed by atoms with Crippen molar-refractivity contribution in [1.82, 2.24) is 21.3 Å². The molecule has 0 aliphatic heterocycles. The number of phenols is 1. The first-order valence-electron chi connectivity index (χ1n) is 13.6. The molecular formula is C26H41N7O11. The molecule has 0 aliphatic rings. The zero-order chi connectivity index (χ0) is 33.4. The van der Waals surface area contributed by atoms with Crippen molar-refractivity contribution in [1.29, 1.82) is 0 Å². The van der Waals surface area contributed by atoms with Gasteiger partial charge in [0.25, 0.3) is 5.91 Å². The number of aliphatic carboxylic acids is 2. The van der Waals surface area contributed by atoms with E-state index in [1.54, 1.807) is 12.1 Å². The van der Waals surface area contributed by atoms with Gasteiger partial charge in [-0.2, -0.15) is 0 Å². The molecule has 246 valence electrons. The van der Waals surface area contributed by atoms with E-state index in [1.165, 1.54) is 12.1 Å². The van der Waals surface area contributed by atoms with Gasteiger partial charge in [-0.15, -0.1) is 0 Å². The highest BCUT2D eigenvalue weighted by molar-refractivity contribution is 5.92. The number of aromatic hydroxyl groups is 1. The highest BCUT2D eigenvalue weighted by Gasteiger charge is 2.28. The van der Waals surface area contributed by atoms with Crippen molar-refractivity contribution >= 4 is 35.6 Å². The minimum absolute atomic E-state index is 0.0282. The molecule has 6 atom stereocenters. The van der Waals surface area contributed by atoms with Crippen LogP contribution >= 0.6 is 0 Å². The minimum Gasteiger partial charge on any atom is -0.508 e. The molecule has 6 unspecified atom stereocenters. The fourth-order valence-corrected chi connectivity index (χ4v) is 3.78. The van der Waals surface area contributed by atoms with Crippen molar-refractivity contribution in [2.45, 2.75) is 68.5 Å². The monoisotopic (exact) mass is 627 g/mol. The minimum atomic E-state index is -1.78. The van der Waals surface area contributed by atoms with Gasteiger partial charge >= 0.3 is 11.9 Å². The molecule has 0 aliphatic carbocycles. The van der Waals surface area contributed by atoms with Crippen LogP contribution in [0.3, 0.4) is 0 Å². The molecule has 44 heavy (non-hydrogen) atoms. The van der Waals surface area contributed by atoms with Crippen LogP contribution < -0.4 is 38.5 Å². The van der Waals surface area contributed by atoms with Gasteiger partial charge in [-0.05, 0) is 37.0 Å². The summed E-state index contributed by atoms with van der Waals surface area (Å²) in [7, 11) is 0. The first-order chi connectivity index (χ1) is 20.6. The molecule has 1 rings (SSSR count). The second-order valence-electron chi connectivity index (χ2n) is 9.96. The number of carboxylic acid groups (broad SMARTS) is 2. The molecule has 18 heteroatoms. The van der Waals surface area contributed by atoms with E-state index in [2.05, 4.69) is 21.3 Å². The molecule has 0 saturated carbocycles. The summed E-state index contributed by atoms with van der Waals surface area (Å²) in [4.78, 5) is 71.0. The third-order valence-electron chi connectivity index (χ3n) is 6.36. The molecule has 15 N–H and O–H groups in total. The van der Waals surface area contributed by atoms with Crippen molar-refractivity contribution in [3.63, 3.8) is 0 Å². The molecule has 1 aromatic carbocycles. The lowest BCUT2D eigenvalue weighted by molar-refractivity contribution is -0.142. The van der Waals surface area contributed by atoms with E-state index in [0.29, 0.717) is 5.56 Å². The van der Waals surface area contributed by atoms with Crippen LogP contribution in [0.2, 0.25) is 0 Å². The number of aliphatic hydroxyl groups is 2. The van der Waals surface area contributed by atoms with Gasteiger partial charge in [0, 0.05) is 25.0 Å². The van der Waals surface area contributed by atoms with Gasteiger partial charge in [0.15, 0.2) is 0 Å². The average Bonchev–Trinajstić information content (AvgIpc) is 2.96. The van der Waals surface area contributed by atoms with Crippen LogP contribution in [0.4, 0.5) is 0 Å². The average molecular weight is 628 g/mol. The van der Waals surface area contributed by atoms with Crippen molar-refractivity contribution in [3.05, 3.63) is 29.8 Å². The molecule has 0 bridgehead atoms. The topological polar surface area (TPSA) is 330 Å². The van der Waals surface area contributed by atoms with E-state index in [1.807, 2.05) is 0 Å². The van der Waals surface area contributed by atoms with Gasteiger partial charge in [-0.1, -0.05) is 12.1 Å². The van der Waals surface area contributed by atoms with Crippen molar-refractivity contribution in [3.8, 4) is 5.75 Å². The quantitative estimate of drug-likeness (QED) is 0.0651. The Labute approximate surface area is 252 Å². The number of carbonyl (C=O) groups is 6. The highest BCUT2D eigenvalue weighted by atomic mass is 16.4. The SMILES string of the molecule is NCC(NC(=O)C(O)CNC(=O)CC(N)c1ccc(O)cc1)C(=O)NC(CCCC(N)C(O)CC(=O)NCC(=O)O)C(=O)O. The van der Waals surface area contributed by atoms with E-state index in [4.69, 9.17) is 22.3 Å². The van der Waals surface area contributed by atoms with Crippen LogP contribution in [-0.4, -0.2) is 111 Å². The Bertz CT molecular complexity index is 1140. The second-order valence-corrected chi connectivity index (χ2v) is 9.96. The number of nitrogens with two attached hydrogens (primary N) is 3. The number of amides is 4. The van der Waals surface area contributed by atoms with E-state index in [9.17, 15) is 49.2 Å². The van der Waals surface area contributed by atoms with Crippen molar-refractivity contribution in [2.75, 3.05) is 19.6 Å². The second kappa shape index (κ2) is 19.0. The van der Waals surface area contributed by atoms with Gasteiger partial charge in [-0.25, -0.2) is 4.79 Å². The summed E-state index contributed by atoms with van der Waals surface area (Å²) < 4.78 is 0. The Hall–Kier alpha value is -4.36. The number of nitrogens with one attached hydrogen (secondary N) is 4. The van der Waals surface area contributed by atoms with Crippen molar-refractivity contribution < 1.29 is 54.3 Å². The number of benzene rings is 1. The number of hydrogen-bond acceptors (Lipinski definition) is 12. The Morgan fingerprint density at radius 3 is 1.95 bits per heavy atom. The molecule has 4 amide bonds. The summed E-state index contributed by atoms with van der Waals surface area (Å²) in [6.07, 6.45) is -3.74. The van der Waals surface area contributed by atoms with Gasteiger partial charge in [0.2, 0.25) is 17.7 Å². The third-order valence-corrected chi connectivity index (χ3v) is 6.36. The van der Waals surface area contributed by atoms with Crippen LogP contribution in [0.15, 0.2) is 24.3 Å². The third kappa shape index (κ3) is 14.2. The maximum atomic E-state index is 12.6. The number of aliphatic hydroxyl groups excluding tert-OH is 2. The van der Waals surface area contributed by atoms with E-state index in [-0.39, 0.29) is 31.4 Å². The fraction of sp³-hybridized carbons (Fsp3) is 0.538. The zero-order valence-electron chi connectivity index (χ0n) is 23.8. The summed E-state index contributed by atoms with van der Waals surface area (Å²) in [6.45, 7) is -1.60. The number of carboxylic acids is 2. The number of rotatable bonds is 20. The summed E-state index contributed by atoms with van der Waals surface area (Å²) in [5.41, 5.74) is 17.9. The number of phenolic OH excluding ortho intramolecular Hbond substituents is 1. The molecule has 1 aromatic rings. The molecule has 0 fully saturated rings. The summed E-state index contributed by atoms with van der Waals surface area (Å²) in [5, 5.41) is 56.4. The molecular weight excluding hydrogens is 586 g/mol. The van der Waals surface area contributed by atoms with Gasteiger partial charge in [0.1, 0.15) is 30.5 Å². The predicted molar refractivity (Wildman–Crippen MR) is 152 cm³/mol. The van der Waals surface area contributed by atoms with E-state index >= 15 is 0 Å². The van der Waals surface area contributed by atoms with Crippen LogP contribution in [0.1, 0.15) is 43.7 Å². The van der Waals surface area contributed by atoms with Crippen LogP contribution in [0, 0.1) is 0 Å². The molecule has 0 spiro atoms. The number of hydrogen-bond donors (Lipinski definition) is 12. The predicted octanol–water partition coefficient (Wildman–Crippen LogP) is -4.28. The van der Waals surface area contributed by atoms with E-state index in [0.717, 1.165) is 0 Å². The summed E-state index contributed by atoms with van der Waals surface area (Å²) in [5.74, 6) is -5.97.